The van der Waals surface area contributed by atoms with Gasteiger partial charge in [0.1, 0.15) is 0 Å². The predicted molar refractivity (Wildman–Crippen MR) is 111 cm³/mol. The van der Waals surface area contributed by atoms with Gasteiger partial charge in [-0.15, -0.1) is 11.3 Å². The van der Waals surface area contributed by atoms with E-state index >= 15 is 0 Å². The molecule has 0 unspecified atom stereocenters. The number of carbonyl (C=O) groups is 1. The van der Waals surface area contributed by atoms with Crippen LogP contribution in [0.5, 0.6) is 0 Å². The van der Waals surface area contributed by atoms with Crippen LogP contribution in [0, 0.1) is 10.8 Å². The van der Waals surface area contributed by atoms with E-state index in [1.807, 2.05) is 29.8 Å². The summed E-state index contributed by atoms with van der Waals surface area (Å²) in [5.74, 6) is 0.299. The smallest absolute Gasteiger partial charge is 0.228 e. The minimum absolute atomic E-state index is 0.113. The highest BCUT2D eigenvalue weighted by Gasteiger charge is 2.63. The van der Waals surface area contributed by atoms with E-state index in [0.29, 0.717) is 5.91 Å². The number of nitrogens with one attached hydrogen (secondary N) is 1. The molecule has 3 saturated heterocycles. The summed E-state index contributed by atoms with van der Waals surface area (Å²) in [6.07, 6.45) is 7.01. The van der Waals surface area contributed by atoms with E-state index in [-0.39, 0.29) is 10.8 Å². The van der Waals surface area contributed by atoms with Crippen molar-refractivity contribution in [3.8, 4) is 0 Å². The molecule has 5 rings (SSSR count). The van der Waals surface area contributed by atoms with Gasteiger partial charge in [0.15, 0.2) is 0 Å². The molecule has 3 aliphatic heterocycles. The van der Waals surface area contributed by atoms with Gasteiger partial charge in [0, 0.05) is 55.4 Å². The highest BCUT2D eigenvalue weighted by Crippen LogP contribution is 2.56. The van der Waals surface area contributed by atoms with Crippen LogP contribution in [0.4, 0.5) is 0 Å². The van der Waals surface area contributed by atoms with Gasteiger partial charge in [-0.05, 0) is 55.4 Å². The first-order chi connectivity index (χ1) is 13.7. The Morgan fingerprint density at radius 3 is 2.64 bits per heavy atom. The molecule has 0 radical (unpaired) electrons. The van der Waals surface area contributed by atoms with Crippen LogP contribution in [0.2, 0.25) is 0 Å². The van der Waals surface area contributed by atoms with Crippen LogP contribution in [0.15, 0.2) is 42.0 Å². The summed E-state index contributed by atoms with van der Waals surface area (Å²) in [4.78, 5) is 23.8. The lowest BCUT2D eigenvalue weighted by molar-refractivity contribution is -0.134. The number of aromatic nitrogens is 1. The summed E-state index contributed by atoms with van der Waals surface area (Å²) in [6.45, 7) is 6.87. The van der Waals surface area contributed by atoms with E-state index in [4.69, 9.17) is 0 Å². The quantitative estimate of drug-likeness (QED) is 0.863. The molecule has 5 nitrogen and oxygen atoms in total. The zero-order valence-electron chi connectivity index (χ0n) is 16.3. The molecule has 28 heavy (non-hydrogen) atoms. The highest BCUT2D eigenvalue weighted by molar-refractivity contribution is 7.09. The lowest BCUT2D eigenvalue weighted by atomic mass is 9.60. The Morgan fingerprint density at radius 1 is 1.07 bits per heavy atom. The number of amides is 1. The van der Waals surface area contributed by atoms with Crippen molar-refractivity contribution in [3.63, 3.8) is 0 Å². The molecule has 5 heterocycles. The number of piperidine rings is 1. The van der Waals surface area contributed by atoms with Gasteiger partial charge < -0.3 is 5.32 Å². The predicted octanol–water partition coefficient (Wildman–Crippen LogP) is 2.75. The summed E-state index contributed by atoms with van der Waals surface area (Å²) in [6, 6.07) is 8.51. The number of rotatable bonds is 4. The van der Waals surface area contributed by atoms with Crippen LogP contribution in [-0.4, -0.2) is 53.4 Å². The van der Waals surface area contributed by atoms with E-state index in [2.05, 4.69) is 43.7 Å². The lowest BCUT2D eigenvalue weighted by Crippen LogP contribution is -2.52. The first-order valence-electron chi connectivity index (χ1n) is 10.3. The van der Waals surface area contributed by atoms with Gasteiger partial charge in [0.2, 0.25) is 5.91 Å². The maximum absolute atomic E-state index is 13.0. The zero-order valence-corrected chi connectivity index (χ0v) is 17.1. The molecule has 0 aliphatic carbocycles. The molecule has 0 saturated carbocycles. The second-order valence-corrected chi connectivity index (χ2v) is 9.76. The van der Waals surface area contributed by atoms with Crippen molar-refractivity contribution in [2.24, 2.45) is 10.8 Å². The van der Waals surface area contributed by atoms with Crippen molar-refractivity contribution in [2.75, 3.05) is 32.7 Å². The number of hydrogen-bond acceptors (Lipinski definition) is 5. The maximum atomic E-state index is 13.0. The summed E-state index contributed by atoms with van der Waals surface area (Å²) in [5, 5.41) is 5.32. The van der Waals surface area contributed by atoms with Gasteiger partial charge in [0.05, 0.1) is 5.41 Å². The van der Waals surface area contributed by atoms with Crippen molar-refractivity contribution in [2.45, 2.75) is 32.4 Å². The molecule has 2 spiro atoms. The third kappa shape index (κ3) is 3.08. The lowest BCUT2D eigenvalue weighted by Gasteiger charge is -2.46. The molecule has 3 fully saturated rings. The molecule has 1 N–H and O–H groups in total. The van der Waals surface area contributed by atoms with Gasteiger partial charge in [-0.3, -0.25) is 19.6 Å². The van der Waals surface area contributed by atoms with E-state index < -0.39 is 0 Å². The van der Waals surface area contributed by atoms with Gasteiger partial charge in [-0.1, -0.05) is 12.1 Å². The number of nitrogens with zero attached hydrogens (tertiary/aromatic N) is 3. The highest BCUT2D eigenvalue weighted by atomic mass is 32.1. The average Bonchev–Trinajstić information content (AvgIpc) is 3.41. The molecule has 1 atom stereocenters. The third-order valence-corrected chi connectivity index (χ3v) is 8.07. The van der Waals surface area contributed by atoms with Crippen molar-refractivity contribution < 1.29 is 4.79 Å². The molecule has 0 bridgehead atoms. The van der Waals surface area contributed by atoms with E-state index in [0.717, 1.165) is 65.1 Å². The van der Waals surface area contributed by atoms with Gasteiger partial charge in [0.25, 0.3) is 0 Å². The summed E-state index contributed by atoms with van der Waals surface area (Å²) in [5.41, 5.74) is 1.15. The van der Waals surface area contributed by atoms with Crippen LogP contribution in [0.3, 0.4) is 0 Å². The van der Waals surface area contributed by atoms with Crippen LogP contribution in [-0.2, 0) is 17.9 Å². The van der Waals surface area contributed by atoms with Crippen molar-refractivity contribution in [1.82, 2.24) is 20.1 Å². The second kappa shape index (κ2) is 7.25. The first-order valence-corrected chi connectivity index (χ1v) is 11.2. The third-order valence-electron chi connectivity index (χ3n) is 7.21. The normalized spacial score (nSPS) is 27.6. The van der Waals surface area contributed by atoms with E-state index in [1.165, 1.54) is 10.4 Å². The van der Waals surface area contributed by atoms with E-state index in [9.17, 15) is 4.79 Å². The van der Waals surface area contributed by atoms with Crippen LogP contribution >= 0.6 is 11.3 Å². The minimum Gasteiger partial charge on any atom is -0.356 e. The standard InChI is InChI=1S/C22H28N4OS/c27-20-22(5-9-24-20)17-26(14-18-3-1-8-23-13-18)16-21(22)6-10-25(11-7-21)15-19-4-2-12-28-19/h1-4,8,12-13H,5-7,9-11,14-17H2,(H,24,27)/t22-/m0/s1. The van der Waals surface area contributed by atoms with Crippen molar-refractivity contribution in [1.29, 1.82) is 0 Å². The molecule has 148 valence electrons. The number of carbonyl (C=O) groups excluding carboxylic acids is 1. The van der Waals surface area contributed by atoms with Crippen LogP contribution in [0.25, 0.3) is 0 Å². The largest absolute Gasteiger partial charge is 0.356 e. The Kier molecular flexibility index (Phi) is 4.73. The van der Waals surface area contributed by atoms with Crippen LogP contribution < -0.4 is 5.32 Å². The van der Waals surface area contributed by atoms with Crippen molar-refractivity contribution >= 4 is 17.2 Å². The van der Waals surface area contributed by atoms with Gasteiger partial charge >= 0.3 is 0 Å². The summed E-state index contributed by atoms with van der Waals surface area (Å²) < 4.78 is 0. The zero-order chi connectivity index (χ0) is 19.0. The second-order valence-electron chi connectivity index (χ2n) is 8.73. The average molecular weight is 397 g/mol. The Morgan fingerprint density at radius 2 is 1.96 bits per heavy atom. The fourth-order valence-electron chi connectivity index (χ4n) is 5.77. The number of pyridine rings is 1. The van der Waals surface area contributed by atoms with E-state index in [1.54, 1.807) is 0 Å². The number of fused-ring (bicyclic) bond motifs is 1. The van der Waals surface area contributed by atoms with Crippen LogP contribution in [0.1, 0.15) is 29.7 Å². The Hall–Kier alpha value is -1.76. The first kappa shape index (κ1) is 18.3. The minimum atomic E-state index is -0.204. The molecular formula is C22H28N4OS. The summed E-state index contributed by atoms with van der Waals surface area (Å²) >= 11 is 1.84. The Balaban J connectivity index is 1.34. The molecule has 1 amide bonds. The topological polar surface area (TPSA) is 48.5 Å². The molecule has 0 aromatic carbocycles. The SMILES string of the molecule is O=C1NCC[C@]12CN(Cc1cccnc1)CC21CCN(Cc2cccs2)CC1. The van der Waals surface area contributed by atoms with Crippen molar-refractivity contribution in [3.05, 3.63) is 52.5 Å². The summed E-state index contributed by atoms with van der Waals surface area (Å²) in [7, 11) is 0. The molecule has 2 aromatic rings. The maximum Gasteiger partial charge on any atom is 0.228 e. The number of thiophene rings is 1. The molecular weight excluding hydrogens is 368 g/mol. The number of likely N-dealkylation sites (tertiary alicyclic amines) is 2. The fraction of sp³-hybridized carbons (Fsp3) is 0.545. The monoisotopic (exact) mass is 396 g/mol. The van der Waals surface area contributed by atoms with Gasteiger partial charge in [-0.25, -0.2) is 0 Å². The van der Waals surface area contributed by atoms with Gasteiger partial charge in [-0.2, -0.15) is 0 Å². The molecule has 2 aromatic heterocycles. The Bertz CT molecular complexity index is 816. The number of hydrogen-bond donors (Lipinski definition) is 1. The molecule has 6 heteroatoms. The fourth-order valence-corrected chi connectivity index (χ4v) is 6.52. The molecule has 3 aliphatic rings. The Labute approximate surface area is 170 Å².